The van der Waals surface area contributed by atoms with E-state index in [0.29, 0.717) is 5.56 Å². The Morgan fingerprint density at radius 3 is 2.43 bits per heavy atom. The molecule has 2 heteroatoms. The molecule has 126 valence electrons. The molecule has 0 bridgehead atoms. The molecule has 0 aromatic heterocycles. The number of hydrogen-bond acceptors (Lipinski definition) is 0. The molecule has 1 saturated carbocycles. The maximum absolute atomic E-state index is 13.9. The Morgan fingerprint density at radius 2 is 1.78 bits per heavy atom. The highest BCUT2D eigenvalue weighted by atomic mass is 19.2. The molecule has 0 aliphatic heterocycles. The van der Waals surface area contributed by atoms with Crippen LogP contribution in [0.2, 0.25) is 0 Å². The van der Waals surface area contributed by atoms with Crippen LogP contribution in [0.4, 0.5) is 8.78 Å². The fraction of sp³-hybridized carbons (Fsp3) is 0.619. The molecule has 2 aliphatic carbocycles. The van der Waals surface area contributed by atoms with Crippen LogP contribution >= 0.6 is 0 Å². The van der Waals surface area contributed by atoms with Gasteiger partial charge in [0.25, 0.3) is 0 Å². The van der Waals surface area contributed by atoms with Crippen molar-refractivity contribution in [2.45, 2.75) is 64.7 Å². The minimum atomic E-state index is -0.736. The maximum Gasteiger partial charge on any atom is 0.166 e. The fourth-order valence-electron chi connectivity index (χ4n) is 4.64. The van der Waals surface area contributed by atoms with Gasteiger partial charge in [0, 0.05) is 5.56 Å². The van der Waals surface area contributed by atoms with E-state index in [1.165, 1.54) is 44.6 Å². The van der Waals surface area contributed by atoms with Crippen molar-refractivity contribution < 1.29 is 8.78 Å². The first kappa shape index (κ1) is 16.7. The molecule has 0 spiro atoms. The van der Waals surface area contributed by atoms with Crippen molar-refractivity contribution in [3.63, 3.8) is 0 Å². The third-order valence-corrected chi connectivity index (χ3v) is 6.00. The average Bonchev–Trinajstić information content (AvgIpc) is 2.59. The standard InChI is InChI=1S/C21H28F2/c1-2-4-15-7-9-16(10-8-15)17-11-13-18(14-12-17)19-5-3-6-20(22)21(19)23/h3,5-6,13,15-17H,2,4,7-12,14H2,1H3. The molecule has 3 rings (SSSR count). The Bertz CT molecular complexity index is 553. The third kappa shape index (κ3) is 3.84. The molecule has 1 aromatic carbocycles. The summed E-state index contributed by atoms with van der Waals surface area (Å²) in [5, 5.41) is 0. The number of halogens is 2. The molecule has 0 saturated heterocycles. The van der Waals surface area contributed by atoms with Crippen LogP contribution in [0.5, 0.6) is 0 Å². The molecule has 0 nitrogen and oxygen atoms in total. The van der Waals surface area contributed by atoms with E-state index in [9.17, 15) is 8.78 Å². The third-order valence-electron chi connectivity index (χ3n) is 6.00. The second-order valence-electron chi connectivity index (χ2n) is 7.43. The number of rotatable bonds is 4. The topological polar surface area (TPSA) is 0 Å². The van der Waals surface area contributed by atoms with Crippen LogP contribution in [-0.4, -0.2) is 0 Å². The fourth-order valence-corrected chi connectivity index (χ4v) is 4.64. The van der Waals surface area contributed by atoms with Crippen molar-refractivity contribution in [1.29, 1.82) is 0 Å². The van der Waals surface area contributed by atoms with Crippen molar-refractivity contribution in [2.75, 3.05) is 0 Å². The van der Waals surface area contributed by atoms with E-state index in [-0.39, 0.29) is 0 Å². The summed E-state index contributed by atoms with van der Waals surface area (Å²) in [4.78, 5) is 0. The summed E-state index contributed by atoms with van der Waals surface area (Å²) in [6, 6.07) is 4.51. The normalized spacial score (nSPS) is 28.5. The largest absolute Gasteiger partial charge is 0.204 e. The molecule has 1 aromatic rings. The lowest BCUT2D eigenvalue weighted by Crippen LogP contribution is -2.23. The van der Waals surface area contributed by atoms with Gasteiger partial charge in [-0.1, -0.05) is 50.8 Å². The van der Waals surface area contributed by atoms with Gasteiger partial charge < -0.3 is 0 Å². The minimum Gasteiger partial charge on any atom is -0.204 e. The second kappa shape index (κ2) is 7.59. The van der Waals surface area contributed by atoms with Crippen molar-refractivity contribution in [1.82, 2.24) is 0 Å². The number of allylic oxidation sites excluding steroid dienone is 2. The number of benzene rings is 1. The molecule has 23 heavy (non-hydrogen) atoms. The van der Waals surface area contributed by atoms with E-state index in [1.807, 2.05) is 0 Å². The lowest BCUT2D eigenvalue weighted by atomic mass is 9.70. The molecular formula is C21H28F2. The smallest absolute Gasteiger partial charge is 0.166 e. The molecule has 1 atom stereocenters. The molecule has 0 radical (unpaired) electrons. The Hall–Kier alpha value is -1.18. The summed E-state index contributed by atoms with van der Waals surface area (Å²) in [7, 11) is 0. The lowest BCUT2D eigenvalue weighted by Gasteiger charge is -2.35. The van der Waals surface area contributed by atoms with Crippen molar-refractivity contribution >= 4 is 5.57 Å². The van der Waals surface area contributed by atoms with Gasteiger partial charge in [-0.05, 0) is 61.5 Å². The van der Waals surface area contributed by atoms with Crippen LogP contribution in [0.1, 0.15) is 70.3 Å². The summed E-state index contributed by atoms with van der Waals surface area (Å²) in [5.74, 6) is 1.13. The monoisotopic (exact) mass is 318 g/mol. The molecule has 0 amide bonds. The lowest BCUT2D eigenvalue weighted by molar-refractivity contribution is 0.189. The summed E-state index contributed by atoms with van der Waals surface area (Å²) >= 11 is 0. The maximum atomic E-state index is 13.9. The predicted octanol–water partition coefficient (Wildman–Crippen LogP) is 6.75. The van der Waals surface area contributed by atoms with Gasteiger partial charge in [-0.3, -0.25) is 0 Å². The van der Waals surface area contributed by atoms with E-state index in [4.69, 9.17) is 0 Å². The van der Waals surface area contributed by atoms with Crippen LogP contribution in [0, 0.1) is 29.4 Å². The highest BCUT2D eigenvalue weighted by Gasteiger charge is 2.29. The minimum absolute atomic E-state index is 0.468. The van der Waals surface area contributed by atoms with Crippen LogP contribution in [0.15, 0.2) is 24.3 Å². The zero-order chi connectivity index (χ0) is 16.2. The van der Waals surface area contributed by atoms with Gasteiger partial charge in [-0.25, -0.2) is 8.78 Å². The summed E-state index contributed by atoms with van der Waals surface area (Å²) in [6.07, 6.45) is 13.4. The molecule has 1 fully saturated rings. The van der Waals surface area contributed by atoms with Crippen LogP contribution in [0.3, 0.4) is 0 Å². The average molecular weight is 318 g/mol. The molecule has 1 unspecified atom stereocenters. The van der Waals surface area contributed by atoms with Gasteiger partial charge >= 0.3 is 0 Å². The first-order chi connectivity index (χ1) is 11.2. The van der Waals surface area contributed by atoms with Crippen LogP contribution in [-0.2, 0) is 0 Å². The van der Waals surface area contributed by atoms with Crippen molar-refractivity contribution in [2.24, 2.45) is 17.8 Å². The van der Waals surface area contributed by atoms with Crippen LogP contribution < -0.4 is 0 Å². The van der Waals surface area contributed by atoms with E-state index < -0.39 is 11.6 Å². The predicted molar refractivity (Wildman–Crippen MR) is 92.0 cm³/mol. The van der Waals surface area contributed by atoms with Crippen molar-refractivity contribution in [3.05, 3.63) is 41.5 Å². The molecule has 2 aliphatic rings. The first-order valence-electron chi connectivity index (χ1n) is 9.32. The first-order valence-corrected chi connectivity index (χ1v) is 9.32. The van der Waals surface area contributed by atoms with E-state index >= 15 is 0 Å². The van der Waals surface area contributed by atoms with Crippen LogP contribution in [0.25, 0.3) is 5.57 Å². The summed E-state index contributed by atoms with van der Waals surface area (Å²) in [6.45, 7) is 2.28. The Morgan fingerprint density at radius 1 is 1.00 bits per heavy atom. The van der Waals surface area contributed by atoms with Gasteiger partial charge in [-0.2, -0.15) is 0 Å². The summed E-state index contributed by atoms with van der Waals surface area (Å²) < 4.78 is 27.3. The van der Waals surface area contributed by atoms with Gasteiger partial charge in [-0.15, -0.1) is 0 Å². The Balaban J connectivity index is 1.59. The molecule has 0 N–H and O–H groups in total. The Kier molecular flexibility index (Phi) is 5.50. The van der Waals surface area contributed by atoms with E-state index in [2.05, 4.69) is 13.0 Å². The van der Waals surface area contributed by atoms with Gasteiger partial charge in [0.2, 0.25) is 0 Å². The highest BCUT2D eigenvalue weighted by molar-refractivity contribution is 5.66. The quantitative estimate of drug-likeness (QED) is 0.575. The molecule has 0 heterocycles. The summed E-state index contributed by atoms with van der Waals surface area (Å²) in [5.41, 5.74) is 1.47. The van der Waals surface area contributed by atoms with Gasteiger partial charge in [0.15, 0.2) is 11.6 Å². The van der Waals surface area contributed by atoms with Gasteiger partial charge in [0.05, 0.1) is 0 Å². The zero-order valence-corrected chi connectivity index (χ0v) is 14.2. The zero-order valence-electron chi connectivity index (χ0n) is 14.2. The Labute approximate surface area is 139 Å². The van der Waals surface area contributed by atoms with Gasteiger partial charge in [0.1, 0.15) is 0 Å². The molecular weight excluding hydrogens is 290 g/mol. The second-order valence-corrected chi connectivity index (χ2v) is 7.43. The van der Waals surface area contributed by atoms with Crippen molar-refractivity contribution in [3.8, 4) is 0 Å². The number of hydrogen-bond donors (Lipinski definition) is 0. The van der Waals surface area contributed by atoms with E-state index in [0.717, 1.165) is 42.6 Å². The van der Waals surface area contributed by atoms with E-state index in [1.54, 1.807) is 12.1 Å². The highest BCUT2D eigenvalue weighted by Crippen LogP contribution is 2.42. The SMILES string of the molecule is CCCC1CCC(C2CC=C(c3cccc(F)c3F)CC2)CC1.